The van der Waals surface area contributed by atoms with Crippen molar-refractivity contribution in [3.8, 4) is 5.88 Å². The Balaban J connectivity index is 1.52. The lowest BCUT2D eigenvalue weighted by Gasteiger charge is -2.31. The third-order valence-corrected chi connectivity index (χ3v) is 6.66. The van der Waals surface area contributed by atoms with Gasteiger partial charge in [0.25, 0.3) is 0 Å². The van der Waals surface area contributed by atoms with Crippen LogP contribution in [0, 0.1) is 0 Å². The highest BCUT2D eigenvalue weighted by molar-refractivity contribution is 7.90. The van der Waals surface area contributed by atoms with E-state index < -0.39 is 9.84 Å². The highest BCUT2D eigenvalue weighted by Gasteiger charge is 2.22. The van der Waals surface area contributed by atoms with Crippen LogP contribution in [-0.4, -0.2) is 50.0 Å². The zero-order chi connectivity index (χ0) is 20.9. The number of piperidine rings is 1. The summed E-state index contributed by atoms with van der Waals surface area (Å²) in [5.41, 5.74) is 3.49. The first-order chi connectivity index (χ1) is 13.8. The van der Waals surface area contributed by atoms with E-state index in [9.17, 15) is 8.42 Å². The van der Waals surface area contributed by atoms with Gasteiger partial charge < -0.3 is 4.74 Å². The van der Waals surface area contributed by atoms with Gasteiger partial charge in [-0.25, -0.2) is 13.4 Å². The number of hydrogen-bond acceptors (Lipinski definition) is 5. The largest absolute Gasteiger partial charge is 0.478 e. The first-order valence-electron chi connectivity index (χ1n) is 10.4. The third-order valence-electron chi connectivity index (χ3n) is 5.55. The van der Waals surface area contributed by atoms with E-state index in [1.807, 2.05) is 26.0 Å². The maximum atomic E-state index is 11.5. The summed E-state index contributed by atoms with van der Waals surface area (Å²) in [4.78, 5) is 7.15. The van der Waals surface area contributed by atoms with Gasteiger partial charge in [-0.3, -0.25) is 4.90 Å². The van der Waals surface area contributed by atoms with Crippen LogP contribution in [0.15, 0.2) is 42.5 Å². The number of likely N-dealkylation sites (tertiary alicyclic amines) is 1. The molecular formula is C23H32N2O3S. The van der Waals surface area contributed by atoms with Gasteiger partial charge in [-0.1, -0.05) is 37.3 Å². The summed E-state index contributed by atoms with van der Waals surface area (Å²) in [7, 11) is -2.96. The summed E-state index contributed by atoms with van der Waals surface area (Å²) in [6.07, 6.45) is 3.50. The third kappa shape index (κ3) is 6.54. The minimum absolute atomic E-state index is 0.0229. The number of nitrogens with zero attached hydrogens (tertiary/aromatic N) is 2. The van der Waals surface area contributed by atoms with Crippen LogP contribution in [0.2, 0.25) is 0 Å². The predicted octanol–water partition coefficient (Wildman–Crippen LogP) is 4.01. The molecule has 1 saturated heterocycles. The Morgan fingerprint density at radius 1 is 1.14 bits per heavy atom. The van der Waals surface area contributed by atoms with Gasteiger partial charge >= 0.3 is 0 Å². The molecule has 1 atom stereocenters. The van der Waals surface area contributed by atoms with Crippen molar-refractivity contribution in [2.45, 2.75) is 45.1 Å². The molecule has 0 N–H and O–H groups in total. The molecule has 1 aromatic heterocycles. The molecule has 1 aromatic carbocycles. The zero-order valence-electron chi connectivity index (χ0n) is 17.7. The van der Waals surface area contributed by atoms with Crippen molar-refractivity contribution < 1.29 is 13.2 Å². The molecule has 2 aromatic rings. The fourth-order valence-corrected chi connectivity index (χ4v) is 5.13. The Morgan fingerprint density at radius 3 is 2.45 bits per heavy atom. The molecule has 29 heavy (non-hydrogen) atoms. The maximum absolute atomic E-state index is 11.5. The predicted molar refractivity (Wildman–Crippen MR) is 117 cm³/mol. The molecule has 1 aliphatic heterocycles. The second kappa shape index (κ2) is 9.72. The number of pyridine rings is 1. The quantitative estimate of drug-likeness (QED) is 0.651. The number of rotatable bonds is 8. The smallest absolute Gasteiger partial charge is 0.213 e. The molecule has 0 bridgehead atoms. The number of aromatic nitrogens is 1. The molecule has 158 valence electrons. The number of sulfone groups is 1. The molecule has 0 unspecified atom stereocenters. The minimum atomic E-state index is -2.96. The summed E-state index contributed by atoms with van der Waals surface area (Å²) in [5.74, 6) is 1.43. The molecular weight excluding hydrogens is 384 g/mol. The number of ether oxygens (including phenoxy) is 1. The Bertz CT molecular complexity index is 889. The van der Waals surface area contributed by atoms with Crippen LogP contribution in [0.5, 0.6) is 5.88 Å². The van der Waals surface area contributed by atoms with Crippen molar-refractivity contribution >= 4 is 9.84 Å². The van der Waals surface area contributed by atoms with Gasteiger partial charge in [-0.2, -0.15) is 0 Å². The molecule has 0 amide bonds. The van der Waals surface area contributed by atoms with Gasteiger partial charge in [0.15, 0.2) is 0 Å². The molecule has 0 radical (unpaired) electrons. The van der Waals surface area contributed by atoms with Crippen LogP contribution in [0.1, 0.15) is 55.3 Å². The summed E-state index contributed by atoms with van der Waals surface area (Å²) >= 11 is 0. The van der Waals surface area contributed by atoms with Gasteiger partial charge in [0, 0.05) is 30.5 Å². The van der Waals surface area contributed by atoms with Gasteiger partial charge in [0.2, 0.25) is 5.88 Å². The van der Waals surface area contributed by atoms with E-state index in [2.05, 4.69) is 40.2 Å². The SMILES string of the molecule is CCOc1cccc(C2CCN(Cc3ccc([C@@H](C)CS(C)(=O)=O)cc3)CC2)n1. The Kier molecular flexibility index (Phi) is 7.30. The second-order valence-electron chi connectivity index (χ2n) is 8.12. The topological polar surface area (TPSA) is 59.5 Å². The lowest BCUT2D eigenvalue weighted by Crippen LogP contribution is -2.32. The molecule has 3 rings (SSSR count). The Hall–Kier alpha value is -1.92. The van der Waals surface area contributed by atoms with Crippen LogP contribution in [0.3, 0.4) is 0 Å². The second-order valence-corrected chi connectivity index (χ2v) is 10.3. The Labute approximate surface area is 175 Å². The van der Waals surface area contributed by atoms with E-state index in [0.29, 0.717) is 12.5 Å². The highest BCUT2D eigenvalue weighted by atomic mass is 32.2. The summed E-state index contributed by atoms with van der Waals surface area (Å²) in [6.45, 7) is 7.62. The molecule has 5 nitrogen and oxygen atoms in total. The molecule has 0 aliphatic carbocycles. The molecule has 1 fully saturated rings. The maximum Gasteiger partial charge on any atom is 0.213 e. The van der Waals surface area contributed by atoms with Gasteiger partial charge in [0.1, 0.15) is 9.84 Å². The highest BCUT2D eigenvalue weighted by Crippen LogP contribution is 2.28. The fourth-order valence-electron chi connectivity index (χ4n) is 4.03. The van der Waals surface area contributed by atoms with E-state index in [1.165, 1.54) is 11.8 Å². The van der Waals surface area contributed by atoms with E-state index in [-0.39, 0.29) is 11.7 Å². The van der Waals surface area contributed by atoms with Crippen molar-refractivity contribution in [3.05, 3.63) is 59.3 Å². The van der Waals surface area contributed by atoms with Crippen molar-refractivity contribution in [3.63, 3.8) is 0 Å². The van der Waals surface area contributed by atoms with Crippen molar-refractivity contribution in [2.24, 2.45) is 0 Å². The molecule has 0 saturated carbocycles. The standard InChI is InChI=1S/C23H32N2O3S/c1-4-28-23-7-5-6-22(24-23)21-12-14-25(15-13-21)16-19-8-10-20(11-9-19)18(2)17-29(3,26)27/h5-11,18,21H,4,12-17H2,1-3H3/t18-/m0/s1. The van der Waals surface area contributed by atoms with E-state index in [4.69, 9.17) is 4.74 Å². The first-order valence-corrected chi connectivity index (χ1v) is 12.5. The van der Waals surface area contributed by atoms with Crippen LogP contribution in [0.25, 0.3) is 0 Å². The van der Waals surface area contributed by atoms with Crippen molar-refractivity contribution in [1.82, 2.24) is 9.88 Å². The summed E-state index contributed by atoms with van der Waals surface area (Å²) < 4.78 is 28.5. The first kappa shape index (κ1) is 21.8. The van der Waals surface area contributed by atoms with Gasteiger partial charge in [-0.05, 0) is 56.0 Å². The fraction of sp³-hybridized carbons (Fsp3) is 0.522. The van der Waals surface area contributed by atoms with Crippen molar-refractivity contribution in [1.29, 1.82) is 0 Å². The molecule has 0 spiro atoms. The van der Waals surface area contributed by atoms with Gasteiger partial charge in [0.05, 0.1) is 12.4 Å². The summed E-state index contributed by atoms with van der Waals surface area (Å²) in [5, 5.41) is 0. The molecule has 1 aliphatic rings. The van der Waals surface area contributed by atoms with Crippen LogP contribution in [0.4, 0.5) is 0 Å². The monoisotopic (exact) mass is 416 g/mol. The van der Waals surface area contributed by atoms with E-state index in [1.54, 1.807) is 0 Å². The number of benzene rings is 1. The zero-order valence-corrected chi connectivity index (χ0v) is 18.5. The van der Waals surface area contributed by atoms with Crippen molar-refractivity contribution in [2.75, 3.05) is 31.7 Å². The Morgan fingerprint density at radius 2 is 1.83 bits per heavy atom. The van der Waals surface area contributed by atoms with E-state index in [0.717, 1.165) is 49.6 Å². The average molecular weight is 417 g/mol. The lowest BCUT2D eigenvalue weighted by molar-refractivity contribution is 0.202. The summed E-state index contributed by atoms with van der Waals surface area (Å²) in [6, 6.07) is 14.5. The molecule has 2 heterocycles. The van der Waals surface area contributed by atoms with Crippen LogP contribution >= 0.6 is 0 Å². The van der Waals surface area contributed by atoms with Crippen LogP contribution < -0.4 is 4.74 Å². The van der Waals surface area contributed by atoms with E-state index >= 15 is 0 Å². The lowest BCUT2D eigenvalue weighted by atomic mass is 9.92. The molecule has 6 heteroatoms. The van der Waals surface area contributed by atoms with Crippen LogP contribution in [-0.2, 0) is 16.4 Å². The average Bonchev–Trinajstić information content (AvgIpc) is 2.68. The van der Waals surface area contributed by atoms with Gasteiger partial charge in [-0.15, -0.1) is 0 Å². The minimum Gasteiger partial charge on any atom is -0.478 e. The normalized spacial score (nSPS) is 17.2. The number of hydrogen-bond donors (Lipinski definition) is 0.